The third kappa shape index (κ3) is 2.17. The number of methoxy groups -OCH3 is 1. The molecule has 1 aromatic carbocycles. The maximum atomic E-state index is 11.3. The van der Waals surface area contributed by atoms with E-state index in [0.29, 0.717) is 5.56 Å². The largest absolute Gasteiger partial charge is 0.468 e. The van der Waals surface area contributed by atoms with Crippen molar-refractivity contribution in [1.29, 1.82) is 0 Å². The lowest BCUT2D eigenvalue weighted by molar-refractivity contribution is -0.385. The summed E-state index contributed by atoms with van der Waals surface area (Å²) in [5.41, 5.74) is 6.22. The van der Waals surface area contributed by atoms with Gasteiger partial charge < -0.3 is 10.5 Å². The lowest BCUT2D eigenvalue weighted by Gasteiger charge is -2.12. The molecule has 0 fully saturated rings. The number of rotatable bonds is 3. The predicted octanol–water partition coefficient (Wildman–Crippen LogP) is 1.08. The molecule has 1 unspecified atom stereocenters. The molecule has 6 heteroatoms. The zero-order valence-electron chi connectivity index (χ0n) is 8.97. The van der Waals surface area contributed by atoms with Gasteiger partial charge in [-0.3, -0.25) is 10.1 Å². The van der Waals surface area contributed by atoms with Crippen LogP contribution in [0.5, 0.6) is 0 Å². The Bertz CT molecular complexity index is 431. The number of esters is 1. The molecule has 0 aliphatic heterocycles. The van der Waals surface area contributed by atoms with Crippen molar-refractivity contribution >= 4 is 11.7 Å². The van der Waals surface area contributed by atoms with Crippen LogP contribution >= 0.6 is 0 Å². The molecule has 16 heavy (non-hydrogen) atoms. The number of hydrogen-bond acceptors (Lipinski definition) is 5. The van der Waals surface area contributed by atoms with Crippen molar-refractivity contribution in [2.75, 3.05) is 7.11 Å². The van der Waals surface area contributed by atoms with Crippen molar-refractivity contribution in [2.45, 2.75) is 13.0 Å². The second-order valence-electron chi connectivity index (χ2n) is 3.27. The minimum absolute atomic E-state index is 0.169. The molecule has 0 bridgehead atoms. The van der Waals surface area contributed by atoms with E-state index < -0.39 is 16.9 Å². The molecular formula is C10H12N2O4. The number of nitro benzene ring substituents is 1. The van der Waals surface area contributed by atoms with Crippen LogP contribution in [-0.4, -0.2) is 18.0 Å². The van der Waals surface area contributed by atoms with Gasteiger partial charge in [0.2, 0.25) is 0 Å². The standard InChI is InChI=1S/C10H12N2O4/c1-6-4-3-5-7(12(14)15)8(6)9(11)10(13)16-2/h3-5,9H,11H2,1-2H3. The maximum absolute atomic E-state index is 11.3. The normalized spacial score (nSPS) is 11.9. The van der Waals surface area contributed by atoms with Crippen LogP contribution in [0.15, 0.2) is 18.2 Å². The highest BCUT2D eigenvalue weighted by atomic mass is 16.6. The number of benzene rings is 1. The third-order valence-electron chi connectivity index (χ3n) is 2.26. The Labute approximate surface area is 92.2 Å². The van der Waals surface area contributed by atoms with Gasteiger partial charge in [-0.15, -0.1) is 0 Å². The van der Waals surface area contributed by atoms with E-state index in [1.165, 1.54) is 13.2 Å². The first-order valence-electron chi connectivity index (χ1n) is 4.56. The van der Waals surface area contributed by atoms with Crippen LogP contribution in [0.25, 0.3) is 0 Å². The van der Waals surface area contributed by atoms with Gasteiger partial charge >= 0.3 is 5.97 Å². The van der Waals surface area contributed by atoms with Crippen molar-refractivity contribution in [3.63, 3.8) is 0 Å². The molecule has 0 amide bonds. The molecule has 1 aromatic rings. The van der Waals surface area contributed by atoms with E-state index in [1.54, 1.807) is 19.1 Å². The van der Waals surface area contributed by atoms with Gasteiger partial charge in [0.1, 0.15) is 6.04 Å². The first kappa shape index (κ1) is 12.1. The molecule has 1 atom stereocenters. The predicted molar refractivity (Wildman–Crippen MR) is 56.8 cm³/mol. The van der Waals surface area contributed by atoms with Gasteiger partial charge in [-0.2, -0.15) is 0 Å². The summed E-state index contributed by atoms with van der Waals surface area (Å²) >= 11 is 0. The molecule has 6 nitrogen and oxygen atoms in total. The van der Waals surface area contributed by atoms with Crippen molar-refractivity contribution in [1.82, 2.24) is 0 Å². The summed E-state index contributed by atoms with van der Waals surface area (Å²) < 4.78 is 4.47. The highest BCUT2D eigenvalue weighted by molar-refractivity contribution is 5.79. The Morgan fingerprint density at radius 2 is 2.19 bits per heavy atom. The first-order valence-corrected chi connectivity index (χ1v) is 4.56. The molecule has 86 valence electrons. The SMILES string of the molecule is COC(=O)C(N)c1c(C)cccc1[N+](=O)[O-]. The molecule has 0 heterocycles. The quantitative estimate of drug-likeness (QED) is 0.470. The third-order valence-corrected chi connectivity index (χ3v) is 2.26. The summed E-state index contributed by atoms with van der Waals surface area (Å²) in [4.78, 5) is 21.5. The van der Waals surface area contributed by atoms with E-state index in [0.717, 1.165) is 0 Å². The average molecular weight is 224 g/mol. The number of nitrogens with two attached hydrogens (primary N) is 1. The minimum Gasteiger partial charge on any atom is -0.468 e. The molecular weight excluding hydrogens is 212 g/mol. The fourth-order valence-corrected chi connectivity index (χ4v) is 1.47. The Kier molecular flexibility index (Phi) is 3.57. The number of nitro groups is 1. The van der Waals surface area contributed by atoms with Crippen molar-refractivity contribution in [3.05, 3.63) is 39.4 Å². The van der Waals surface area contributed by atoms with Gasteiger partial charge in [-0.05, 0) is 12.5 Å². The van der Waals surface area contributed by atoms with Gasteiger partial charge in [0.15, 0.2) is 0 Å². The fourth-order valence-electron chi connectivity index (χ4n) is 1.47. The van der Waals surface area contributed by atoms with E-state index in [-0.39, 0.29) is 11.3 Å². The van der Waals surface area contributed by atoms with Crippen LogP contribution in [0, 0.1) is 17.0 Å². The number of nitrogens with zero attached hydrogens (tertiary/aromatic N) is 1. The molecule has 0 saturated heterocycles. The van der Waals surface area contributed by atoms with Gasteiger partial charge in [0.25, 0.3) is 5.69 Å². The van der Waals surface area contributed by atoms with Gasteiger partial charge in [-0.25, -0.2) is 4.79 Å². The maximum Gasteiger partial charge on any atom is 0.327 e. The molecule has 0 saturated carbocycles. The van der Waals surface area contributed by atoms with Crippen molar-refractivity contribution in [3.8, 4) is 0 Å². The summed E-state index contributed by atoms with van der Waals surface area (Å²) in [6.07, 6.45) is 0. The molecule has 0 aliphatic carbocycles. The number of ether oxygens (including phenoxy) is 1. The first-order chi connectivity index (χ1) is 7.49. The molecule has 0 radical (unpaired) electrons. The zero-order valence-corrected chi connectivity index (χ0v) is 8.97. The Morgan fingerprint density at radius 1 is 1.56 bits per heavy atom. The van der Waals surface area contributed by atoms with Gasteiger partial charge in [-0.1, -0.05) is 12.1 Å². The number of carbonyl (C=O) groups is 1. The summed E-state index contributed by atoms with van der Waals surface area (Å²) in [6, 6.07) is 3.38. The van der Waals surface area contributed by atoms with Crippen LogP contribution in [0.2, 0.25) is 0 Å². The van der Waals surface area contributed by atoms with Crippen molar-refractivity contribution < 1.29 is 14.5 Å². The fraction of sp³-hybridized carbons (Fsp3) is 0.300. The average Bonchev–Trinajstić information content (AvgIpc) is 2.26. The topological polar surface area (TPSA) is 95.5 Å². The van der Waals surface area contributed by atoms with E-state index in [4.69, 9.17) is 5.73 Å². The number of aryl methyl sites for hydroxylation is 1. The summed E-state index contributed by atoms with van der Waals surface area (Å²) in [5.74, 6) is -0.697. The second kappa shape index (κ2) is 4.71. The smallest absolute Gasteiger partial charge is 0.327 e. The summed E-state index contributed by atoms with van der Waals surface area (Å²) in [6.45, 7) is 1.66. The Morgan fingerprint density at radius 3 is 2.69 bits per heavy atom. The van der Waals surface area contributed by atoms with Crippen LogP contribution in [-0.2, 0) is 9.53 Å². The lowest BCUT2D eigenvalue weighted by Crippen LogP contribution is -2.24. The molecule has 2 N–H and O–H groups in total. The summed E-state index contributed by atoms with van der Waals surface area (Å²) in [5, 5.41) is 10.8. The summed E-state index contributed by atoms with van der Waals surface area (Å²) in [7, 11) is 1.19. The van der Waals surface area contributed by atoms with Gasteiger partial charge in [0.05, 0.1) is 17.6 Å². The number of hydrogen-bond donors (Lipinski definition) is 1. The molecule has 0 aliphatic rings. The molecule has 0 spiro atoms. The lowest BCUT2D eigenvalue weighted by atomic mass is 10.00. The number of carbonyl (C=O) groups excluding carboxylic acids is 1. The molecule has 1 rings (SSSR count). The monoisotopic (exact) mass is 224 g/mol. The van der Waals surface area contributed by atoms with E-state index in [9.17, 15) is 14.9 Å². The van der Waals surface area contributed by atoms with Crippen LogP contribution in [0.4, 0.5) is 5.69 Å². The second-order valence-corrected chi connectivity index (χ2v) is 3.27. The Balaban J connectivity index is 3.30. The van der Waals surface area contributed by atoms with Crippen LogP contribution < -0.4 is 5.73 Å². The van der Waals surface area contributed by atoms with Crippen LogP contribution in [0.1, 0.15) is 17.2 Å². The van der Waals surface area contributed by atoms with E-state index in [1.807, 2.05) is 0 Å². The highest BCUT2D eigenvalue weighted by Gasteiger charge is 2.26. The zero-order chi connectivity index (χ0) is 12.3. The van der Waals surface area contributed by atoms with E-state index in [2.05, 4.69) is 4.74 Å². The van der Waals surface area contributed by atoms with Crippen molar-refractivity contribution in [2.24, 2.45) is 5.73 Å². The minimum atomic E-state index is -1.13. The molecule has 0 aromatic heterocycles. The van der Waals surface area contributed by atoms with E-state index >= 15 is 0 Å². The Hall–Kier alpha value is -1.95. The van der Waals surface area contributed by atoms with Crippen LogP contribution in [0.3, 0.4) is 0 Å². The van der Waals surface area contributed by atoms with Gasteiger partial charge in [0, 0.05) is 6.07 Å². The highest BCUT2D eigenvalue weighted by Crippen LogP contribution is 2.27.